The first kappa shape index (κ1) is 19.3. The fourth-order valence-electron chi connectivity index (χ4n) is 2.27. The zero-order chi connectivity index (χ0) is 18.9. The molecule has 8 nitrogen and oxygen atoms in total. The van der Waals surface area contributed by atoms with E-state index in [-0.39, 0.29) is 5.91 Å². The summed E-state index contributed by atoms with van der Waals surface area (Å²) in [5, 5.41) is 5.89. The number of methoxy groups -OCH3 is 4. The highest BCUT2D eigenvalue weighted by molar-refractivity contribution is 5.94. The normalized spacial score (nSPS) is 10.2. The van der Waals surface area contributed by atoms with Crippen LogP contribution in [-0.2, 0) is 4.74 Å². The van der Waals surface area contributed by atoms with E-state index in [1.54, 1.807) is 52.7 Å². The van der Waals surface area contributed by atoms with Crippen LogP contribution in [-0.4, -0.2) is 52.5 Å². The van der Waals surface area contributed by atoms with Crippen molar-refractivity contribution in [3.05, 3.63) is 36.0 Å². The van der Waals surface area contributed by atoms with Crippen molar-refractivity contribution < 1.29 is 23.7 Å². The first-order valence-corrected chi connectivity index (χ1v) is 7.93. The number of benzene rings is 1. The Morgan fingerprint density at radius 3 is 2.23 bits per heavy atom. The van der Waals surface area contributed by atoms with Gasteiger partial charge in [0.05, 0.1) is 33.5 Å². The van der Waals surface area contributed by atoms with Gasteiger partial charge in [-0.05, 0) is 12.1 Å². The van der Waals surface area contributed by atoms with Gasteiger partial charge in [0.2, 0.25) is 5.75 Å². The van der Waals surface area contributed by atoms with Crippen LogP contribution in [0.25, 0.3) is 0 Å². The minimum atomic E-state index is -0.200. The molecule has 0 saturated carbocycles. The van der Waals surface area contributed by atoms with E-state index in [0.29, 0.717) is 47.5 Å². The lowest BCUT2D eigenvalue weighted by molar-refractivity contribution is 0.0937. The van der Waals surface area contributed by atoms with Gasteiger partial charge in [0.1, 0.15) is 5.82 Å². The number of ether oxygens (including phenoxy) is 4. The summed E-state index contributed by atoms with van der Waals surface area (Å²) in [7, 11) is 6.23. The van der Waals surface area contributed by atoms with Gasteiger partial charge in [-0.1, -0.05) is 0 Å². The second-order valence-electron chi connectivity index (χ2n) is 5.22. The third-order valence-electron chi connectivity index (χ3n) is 3.55. The molecule has 26 heavy (non-hydrogen) atoms. The number of amides is 1. The summed E-state index contributed by atoms with van der Waals surface area (Å²) in [5.41, 5.74) is 1.18. The summed E-state index contributed by atoms with van der Waals surface area (Å²) in [5.74, 6) is 1.95. The third-order valence-corrected chi connectivity index (χ3v) is 3.55. The van der Waals surface area contributed by atoms with Crippen LogP contribution in [0.15, 0.2) is 30.5 Å². The van der Waals surface area contributed by atoms with Gasteiger partial charge >= 0.3 is 0 Å². The van der Waals surface area contributed by atoms with Gasteiger partial charge in [-0.3, -0.25) is 4.79 Å². The number of nitrogens with one attached hydrogen (secondary N) is 2. The second kappa shape index (κ2) is 9.47. The fraction of sp³-hybridized carbons (Fsp3) is 0.333. The zero-order valence-electron chi connectivity index (χ0n) is 15.3. The van der Waals surface area contributed by atoms with E-state index in [1.807, 2.05) is 0 Å². The number of carbonyl (C=O) groups excluding carboxylic acids is 1. The summed E-state index contributed by atoms with van der Waals surface area (Å²) in [6.07, 6.45) is 1.50. The Morgan fingerprint density at radius 2 is 1.73 bits per heavy atom. The molecule has 0 spiro atoms. The summed E-state index contributed by atoms with van der Waals surface area (Å²) in [6.45, 7) is 0.903. The minimum absolute atomic E-state index is 0.200. The molecule has 0 fully saturated rings. The number of carbonyl (C=O) groups is 1. The Morgan fingerprint density at radius 1 is 1.04 bits per heavy atom. The number of pyridine rings is 1. The molecule has 0 aliphatic carbocycles. The third kappa shape index (κ3) is 4.76. The molecule has 140 valence electrons. The monoisotopic (exact) mass is 361 g/mol. The Labute approximate surface area is 152 Å². The second-order valence-corrected chi connectivity index (χ2v) is 5.22. The van der Waals surface area contributed by atoms with Crippen molar-refractivity contribution in [2.75, 3.05) is 46.9 Å². The number of nitrogens with zero attached hydrogens (tertiary/aromatic N) is 1. The molecule has 0 unspecified atom stereocenters. The van der Waals surface area contributed by atoms with Crippen LogP contribution in [0.3, 0.4) is 0 Å². The van der Waals surface area contributed by atoms with E-state index >= 15 is 0 Å². The number of anilines is 2. The van der Waals surface area contributed by atoms with E-state index in [9.17, 15) is 4.79 Å². The van der Waals surface area contributed by atoms with Crippen molar-refractivity contribution in [3.63, 3.8) is 0 Å². The maximum atomic E-state index is 12.0. The van der Waals surface area contributed by atoms with E-state index < -0.39 is 0 Å². The molecular weight excluding hydrogens is 338 g/mol. The van der Waals surface area contributed by atoms with E-state index in [1.165, 1.54) is 6.20 Å². The van der Waals surface area contributed by atoms with E-state index in [4.69, 9.17) is 18.9 Å². The molecule has 0 aliphatic rings. The molecule has 0 radical (unpaired) electrons. The first-order valence-electron chi connectivity index (χ1n) is 7.93. The van der Waals surface area contributed by atoms with Gasteiger partial charge in [-0.2, -0.15) is 0 Å². The van der Waals surface area contributed by atoms with Crippen molar-refractivity contribution in [1.82, 2.24) is 10.3 Å². The molecule has 0 atom stereocenters. The lowest BCUT2D eigenvalue weighted by Crippen LogP contribution is -2.26. The molecule has 1 amide bonds. The topological polar surface area (TPSA) is 90.9 Å². The summed E-state index contributed by atoms with van der Waals surface area (Å²) in [4.78, 5) is 16.2. The van der Waals surface area contributed by atoms with Gasteiger partial charge in [0.25, 0.3) is 5.91 Å². The summed E-state index contributed by atoms with van der Waals surface area (Å²) < 4.78 is 20.8. The van der Waals surface area contributed by atoms with Crippen molar-refractivity contribution in [3.8, 4) is 17.2 Å². The van der Waals surface area contributed by atoms with Crippen molar-refractivity contribution in [2.24, 2.45) is 0 Å². The average Bonchev–Trinajstić information content (AvgIpc) is 2.67. The molecule has 0 bridgehead atoms. The molecule has 2 aromatic rings. The van der Waals surface area contributed by atoms with Crippen molar-refractivity contribution in [1.29, 1.82) is 0 Å². The summed E-state index contributed by atoms with van der Waals surface area (Å²) >= 11 is 0. The highest BCUT2D eigenvalue weighted by atomic mass is 16.5. The average molecular weight is 361 g/mol. The lowest BCUT2D eigenvalue weighted by atomic mass is 10.2. The minimum Gasteiger partial charge on any atom is -0.493 e. The van der Waals surface area contributed by atoms with E-state index in [2.05, 4.69) is 15.6 Å². The largest absolute Gasteiger partial charge is 0.493 e. The van der Waals surface area contributed by atoms with E-state index in [0.717, 1.165) is 0 Å². The molecule has 0 aliphatic heterocycles. The molecule has 1 heterocycles. The Bertz CT molecular complexity index is 709. The molecule has 8 heteroatoms. The standard InChI is InChI=1S/C18H23N3O5/c1-23-8-7-19-18(22)12-5-6-16(20-11-12)21-13-9-14(24-2)17(26-4)15(10-13)25-3/h5-6,9-11H,7-8H2,1-4H3,(H,19,22)(H,20,21). The predicted octanol–water partition coefficient (Wildman–Crippen LogP) is 2.23. The Hall–Kier alpha value is -3.00. The van der Waals surface area contributed by atoms with Gasteiger partial charge in [0, 0.05) is 37.7 Å². The quantitative estimate of drug-likeness (QED) is 0.662. The van der Waals surface area contributed by atoms with Gasteiger partial charge in [0.15, 0.2) is 11.5 Å². The highest BCUT2D eigenvalue weighted by Gasteiger charge is 2.13. The van der Waals surface area contributed by atoms with Crippen molar-refractivity contribution >= 4 is 17.4 Å². The van der Waals surface area contributed by atoms with Gasteiger partial charge in [-0.15, -0.1) is 0 Å². The van der Waals surface area contributed by atoms with Crippen LogP contribution in [0.4, 0.5) is 11.5 Å². The van der Waals surface area contributed by atoms with Crippen LogP contribution in [0.5, 0.6) is 17.2 Å². The van der Waals surface area contributed by atoms with Crippen LogP contribution < -0.4 is 24.8 Å². The molecular formula is C18H23N3O5. The predicted molar refractivity (Wildman–Crippen MR) is 97.8 cm³/mol. The maximum absolute atomic E-state index is 12.0. The smallest absolute Gasteiger partial charge is 0.252 e. The van der Waals surface area contributed by atoms with Gasteiger partial charge < -0.3 is 29.6 Å². The van der Waals surface area contributed by atoms with Crippen LogP contribution in [0.2, 0.25) is 0 Å². The number of aromatic nitrogens is 1. The number of hydrogen-bond donors (Lipinski definition) is 2. The molecule has 0 saturated heterocycles. The Balaban J connectivity index is 2.12. The zero-order valence-corrected chi connectivity index (χ0v) is 15.3. The Kier molecular flexibility index (Phi) is 7.04. The number of rotatable bonds is 9. The molecule has 2 N–H and O–H groups in total. The highest BCUT2D eigenvalue weighted by Crippen LogP contribution is 2.40. The van der Waals surface area contributed by atoms with Crippen LogP contribution >= 0.6 is 0 Å². The first-order chi connectivity index (χ1) is 12.6. The lowest BCUT2D eigenvalue weighted by Gasteiger charge is -2.15. The fourth-order valence-corrected chi connectivity index (χ4v) is 2.27. The summed E-state index contributed by atoms with van der Waals surface area (Å²) in [6, 6.07) is 6.95. The molecule has 1 aromatic carbocycles. The molecule has 1 aromatic heterocycles. The molecule has 2 rings (SSSR count). The number of hydrogen-bond acceptors (Lipinski definition) is 7. The van der Waals surface area contributed by atoms with Crippen molar-refractivity contribution in [2.45, 2.75) is 0 Å². The SMILES string of the molecule is COCCNC(=O)c1ccc(Nc2cc(OC)c(OC)c(OC)c2)nc1. The van der Waals surface area contributed by atoms with Crippen LogP contribution in [0, 0.1) is 0 Å². The maximum Gasteiger partial charge on any atom is 0.252 e. The van der Waals surface area contributed by atoms with Gasteiger partial charge in [-0.25, -0.2) is 4.98 Å². The van der Waals surface area contributed by atoms with Crippen LogP contribution in [0.1, 0.15) is 10.4 Å².